The Morgan fingerprint density at radius 2 is 1.89 bits per heavy atom. The Bertz CT molecular complexity index is 434. The molecule has 0 aliphatic heterocycles. The second-order valence-corrected chi connectivity index (χ2v) is 4.80. The van der Waals surface area contributed by atoms with E-state index in [1.54, 1.807) is 13.0 Å². The lowest BCUT2D eigenvalue weighted by Crippen LogP contribution is -2.08. The van der Waals surface area contributed by atoms with Crippen LogP contribution in [-0.4, -0.2) is 19.3 Å². The summed E-state index contributed by atoms with van der Waals surface area (Å²) < 4.78 is 38.5. The molecule has 0 radical (unpaired) electrons. The summed E-state index contributed by atoms with van der Waals surface area (Å²) in [6.45, 7) is 4.68. The summed E-state index contributed by atoms with van der Waals surface area (Å²) in [6.07, 6.45) is 2.68. The van der Waals surface area contributed by atoms with Crippen molar-refractivity contribution in [2.75, 3.05) is 13.2 Å². The summed E-state index contributed by atoms with van der Waals surface area (Å²) in [4.78, 5) is 0. The van der Waals surface area contributed by atoms with Crippen molar-refractivity contribution in [1.29, 1.82) is 0 Å². The van der Waals surface area contributed by atoms with Gasteiger partial charge >= 0.3 is 0 Å². The highest BCUT2D eigenvalue weighted by Crippen LogP contribution is 2.38. The van der Waals surface area contributed by atoms with Crippen LogP contribution in [0.1, 0.15) is 44.6 Å². The molecule has 1 aromatic rings. The smallest absolute Gasteiger partial charge is 0.200 e. The number of hydrogen-bond acceptors (Lipinski definition) is 2. The molecule has 19 heavy (non-hydrogen) atoms. The van der Waals surface area contributed by atoms with E-state index >= 15 is 0 Å². The SMILES string of the molecule is CCOc1ccc(C2CCC(OCC)C2)c(F)c1F. The van der Waals surface area contributed by atoms with E-state index < -0.39 is 11.6 Å². The molecule has 0 saturated heterocycles. The molecule has 0 aromatic heterocycles. The first-order valence-corrected chi connectivity index (χ1v) is 6.89. The Morgan fingerprint density at radius 3 is 2.58 bits per heavy atom. The quantitative estimate of drug-likeness (QED) is 0.804. The average molecular weight is 270 g/mol. The van der Waals surface area contributed by atoms with Crippen molar-refractivity contribution < 1.29 is 18.3 Å². The number of benzene rings is 1. The van der Waals surface area contributed by atoms with Gasteiger partial charge in [-0.25, -0.2) is 4.39 Å². The van der Waals surface area contributed by atoms with Crippen LogP contribution in [0.2, 0.25) is 0 Å². The molecule has 0 heterocycles. The van der Waals surface area contributed by atoms with Gasteiger partial charge in [0.25, 0.3) is 0 Å². The van der Waals surface area contributed by atoms with Crippen molar-refractivity contribution in [3.05, 3.63) is 29.3 Å². The highest BCUT2D eigenvalue weighted by molar-refractivity contribution is 5.33. The number of hydrogen-bond donors (Lipinski definition) is 0. The third-order valence-corrected chi connectivity index (χ3v) is 3.60. The molecule has 1 aromatic carbocycles. The molecule has 0 N–H and O–H groups in total. The molecule has 2 nitrogen and oxygen atoms in total. The van der Waals surface area contributed by atoms with E-state index in [1.807, 2.05) is 6.92 Å². The Labute approximate surface area is 112 Å². The fourth-order valence-electron chi connectivity index (χ4n) is 2.74. The number of halogens is 2. The van der Waals surface area contributed by atoms with Crippen LogP contribution in [0.25, 0.3) is 0 Å². The van der Waals surface area contributed by atoms with Gasteiger partial charge in [0.05, 0.1) is 12.7 Å². The van der Waals surface area contributed by atoms with Gasteiger partial charge in [0.1, 0.15) is 0 Å². The maximum atomic E-state index is 14.1. The topological polar surface area (TPSA) is 18.5 Å². The Hall–Kier alpha value is -1.16. The van der Waals surface area contributed by atoms with Crippen molar-refractivity contribution >= 4 is 0 Å². The largest absolute Gasteiger partial charge is 0.491 e. The van der Waals surface area contributed by atoms with Gasteiger partial charge in [-0.2, -0.15) is 4.39 Å². The van der Waals surface area contributed by atoms with Crippen molar-refractivity contribution in [3.8, 4) is 5.75 Å². The maximum Gasteiger partial charge on any atom is 0.200 e. The lowest BCUT2D eigenvalue weighted by molar-refractivity contribution is 0.0673. The molecule has 0 bridgehead atoms. The van der Waals surface area contributed by atoms with Gasteiger partial charge in [-0.15, -0.1) is 0 Å². The van der Waals surface area contributed by atoms with Gasteiger partial charge < -0.3 is 9.47 Å². The standard InChI is InChI=1S/C15H20F2O2/c1-3-18-11-6-5-10(9-11)12-7-8-13(19-4-2)15(17)14(12)16/h7-8,10-11H,3-6,9H2,1-2H3. The highest BCUT2D eigenvalue weighted by atomic mass is 19.2. The zero-order valence-corrected chi connectivity index (χ0v) is 11.4. The van der Waals surface area contributed by atoms with Crippen LogP contribution in [0, 0.1) is 11.6 Å². The molecular formula is C15H20F2O2. The van der Waals surface area contributed by atoms with Crippen molar-refractivity contribution in [2.45, 2.75) is 45.1 Å². The van der Waals surface area contributed by atoms with Gasteiger partial charge in [-0.05, 0) is 50.7 Å². The summed E-state index contributed by atoms with van der Waals surface area (Å²) in [5.41, 5.74) is 0.447. The van der Waals surface area contributed by atoms with Crippen LogP contribution >= 0.6 is 0 Å². The number of ether oxygens (including phenoxy) is 2. The molecule has 1 fully saturated rings. The van der Waals surface area contributed by atoms with Gasteiger partial charge in [0.2, 0.25) is 5.82 Å². The molecule has 2 unspecified atom stereocenters. The second kappa shape index (κ2) is 6.33. The minimum absolute atomic E-state index is 0.0110. The summed E-state index contributed by atoms with van der Waals surface area (Å²) in [7, 11) is 0. The van der Waals surface area contributed by atoms with Crippen LogP contribution in [0.15, 0.2) is 12.1 Å². The molecule has 0 amide bonds. The van der Waals surface area contributed by atoms with E-state index in [4.69, 9.17) is 9.47 Å². The van der Waals surface area contributed by atoms with Crippen molar-refractivity contribution in [1.82, 2.24) is 0 Å². The van der Waals surface area contributed by atoms with E-state index in [-0.39, 0.29) is 17.8 Å². The minimum atomic E-state index is -0.876. The molecule has 0 spiro atoms. The van der Waals surface area contributed by atoms with Crippen LogP contribution in [0.3, 0.4) is 0 Å². The highest BCUT2D eigenvalue weighted by Gasteiger charge is 2.29. The third kappa shape index (κ3) is 3.06. The fraction of sp³-hybridized carbons (Fsp3) is 0.600. The number of rotatable bonds is 5. The first-order valence-electron chi connectivity index (χ1n) is 6.89. The van der Waals surface area contributed by atoms with Gasteiger partial charge in [0.15, 0.2) is 11.6 Å². The molecule has 4 heteroatoms. The molecule has 1 aliphatic carbocycles. The van der Waals surface area contributed by atoms with E-state index in [1.165, 1.54) is 6.07 Å². The maximum absolute atomic E-state index is 14.1. The summed E-state index contributed by atoms with van der Waals surface area (Å²) in [6, 6.07) is 3.16. The predicted molar refractivity (Wildman–Crippen MR) is 69.5 cm³/mol. The lowest BCUT2D eigenvalue weighted by Gasteiger charge is -2.14. The fourth-order valence-corrected chi connectivity index (χ4v) is 2.74. The monoisotopic (exact) mass is 270 g/mol. The molecule has 106 valence electrons. The summed E-state index contributed by atoms with van der Waals surface area (Å²) in [5.74, 6) is -1.61. The molecule has 2 rings (SSSR count). The average Bonchev–Trinajstić information content (AvgIpc) is 2.84. The zero-order chi connectivity index (χ0) is 13.8. The van der Waals surface area contributed by atoms with Crippen LogP contribution in [0.4, 0.5) is 8.78 Å². The van der Waals surface area contributed by atoms with E-state index in [9.17, 15) is 8.78 Å². The third-order valence-electron chi connectivity index (χ3n) is 3.60. The second-order valence-electron chi connectivity index (χ2n) is 4.80. The lowest BCUT2D eigenvalue weighted by atomic mass is 9.96. The molecular weight excluding hydrogens is 250 g/mol. The first kappa shape index (κ1) is 14.3. The van der Waals surface area contributed by atoms with Gasteiger partial charge in [-0.3, -0.25) is 0 Å². The zero-order valence-electron chi connectivity index (χ0n) is 11.4. The minimum Gasteiger partial charge on any atom is -0.491 e. The van der Waals surface area contributed by atoms with E-state index in [0.717, 1.165) is 19.3 Å². The summed E-state index contributed by atoms with van der Waals surface area (Å²) in [5, 5.41) is 0. The van der Waals surface area contributed by atoms with Crippen LogP contribution < -0.4 is 4.74 Å². The Morgan fingerprint density at radius 1 is 1.11 bits per heavy atom. The predicted octanol–water partition coefficient (Wildman–Crippen LogP) is 4.04. The Kier molecular flexibility index (Phi) is 4.75. The van der Waals surface area contributed by atoms with Gasteiger partial charge in [-0.1, -0.05) is 6.07 Å². The molecule has 1 aliphatic rings. The van der Waals surface area contributed by atoms with Crippen LogP contribution in [-0.2, 0) is 4.74 Å². The Balaban J connectivity index is 2.15. The van der Waals surface area contributed by atoms with Crippen molar-refractivity contribution in [2.24, 2.45) is 0 Å². The van der Waals surface area contributed by atoms with Crippen molar-refractivity contribution in [3.63, 3.8) is 0 Å². The van der Waals surface area contributed by atoms with E-state index in [0.29, 0.717) is 18.8 Å². The summed E-state index contributed by atoms with van der Waals surface area (Å²) >= 11 is 0. The molecule has 2 atom stereocenters. The molecule has 1 saturated carbocycles. The van der Waals surface area contributed by atoms with Gasteiger partial charge in [0, 0.05) is 6.61 Å². The van der Waals surface area contributed by atoms with Crippen LogP contribution in [0.5, 0.6) is 5.75 Å². The first-order chi connectivity index (χ1) is 9.17. The van der Waals surface area contributed by atoms with E-state index in [2.05, 4.69) is 0 Å². The normalized spacial score (nSPS) is 22.7.